The molecule has 3 rings (SSSR count). The van der Waals surface area contributed by atoms with Crippen molar-refractivity contribution in [2.24, 2.45) is 0 Å². The summed E-state index contributed by atoms with van der Waals surface area (Å²) in [5.41, 5.74) is 5.68. The Hall–Kier alpha value is -2.15. The average molecular weight is 321 g/mol. The molecule has 0 radical (unpaired) electrons. The second kappa shape index (κ2) is 6.74. The molecule has 0 amide bonds. The van der Waals surface area contributed by atoms with Crippen molar-refractivity contribution in [3.05, 3.63) is 29.9 Å². The molecule has 7 nitrogen and oxygen atoms in total. The third-order valence-corrected chi connectivity index (χ3v) is 4.03. The van der Waals surface area contributed by atoms with Crippen LogP contribution in [0.3, 0.4) is 0 Å². The molecule has 0 bridgehead atoms. The Morgan fingerprint density at radius 3 is 2.68 bits per heavy atom. The van der Waals surface area contributed by atoms with E-state index in [9.17, 15) is 0 Å². The van der Waals surface area contributed by atoms with Crippen LogP contribution in [0.15, 0.2) is 24.9 Å². The molecule has 2 aromatic rings. The highest BCUT2D eigenvalue weighted by atomic mass is 35.5. The molecule has 8 heteroatoms. The summed E-state index contributed by atoms with van der Waals surface area (Å²) in [7, 11) is 0. The van der Waals surface area contributed by atoms with Gasteiger partial charge in [0, 0.05) is 18.4 Å². The molecule has 116 valence electrons. The maximum absolute atomic E-state index is 6.10. The van der Waals surface area contributed by atoms with Crippen LogP contribution in [0.4, 0.5) is 11.6 Å². The highest BCUT2D eigenvalue weighted by molar-refractivity contribution is 6.35. The molecule has 3 N–H and O–H groups in total. The van der Waals surface area contributed by atoms with E-state index in [1.807, 2.05) is 0 Å². The quantitative estimate of drug-likeness (QED) is 0.891. The number of ether oxygens (including phenoxy) is 1. The highest BCUT2D eigenvalue weighted by Gasteiger charge is 2.23. The molecule has 2 heterocycles. The van der Waals surface area contributed by atoms with Gasteiger partial charge in [-0.2, -0.15) is 0 Å². The Morgan fingerprint density at radius 2 is 1.95 bits per heavy atom. The number of anilines is 2. The number of hydrogen-bond acceptors (Lipinski definition) is 7. The van der Waals surface area contributed by atoms with Crippen molar-refractivity contribution in [2.45, 2.75) is 37.8 Å². The largest absolute Gasteiger partial charge is 0.473 e. The summed E-state index contributed by atoms with van der Waals surface area (Å²) < 4.78 is 5.82. The SMILES string of the molecule is Nc1ncnc(NC2CCC(Oc3cnccn3)CC2)c1Cl. The standard InChI is InChI=1S/C14H17ClN6O/c15-12-13(16)19-8-20-14(12)21-9-1-3-10(4-2-9)22-11-7-17-5-6-18-11/h5-10H,1-4H2,(H3,16,19,20,21). The van der Waals surface area contributed by atoms with Gasteiger partial charge in [-0.3, -0.25) is 4.98 Å². The Balaban J connectivity index is 1.52. The number of nitrogens with zero attached hydrogens (tertiary/aromatic N) is 4. The molecule has 2 aromatic heterocycles. The van der Waals surface area contributed by atoms with Crippen LogP contribution < -0.4 is 15.8 Å². The van der Waals surface area contributed by atoms with Gasteiger partial charge in [0.1, 0.15) is 23.3 Å². The van der Waals surface area contributed by atoms with Crippen LogP contribution in [-0.2, 0) is 0 Å². The van der Waals surface area contributed by atoms with Crippen molar-refractivity contribution in [1.29, 1.82) is 0 Å². The van der Waals surface area contributed by atoms with Gasteiger partial charge >= 0.3 is 0 Å². The number of nitrogens with two attached hydrogens (primary N) is 1. The third-order valence-electron chi connectivity index (χ3n) is 3.66. The number of nitrogen functional groups attached to an aromatic ring is 1. The van der Waals surface area contributed by atoms with Gasteiger partial charge in [-0.1, -0.05) is 11.6 Å². The van der Waals surface area contributed by atoms with Crippen molar-refractivity contribution >= 4 is 23.2 Å². The Kier molecular flexibility index (Phi) is 4.53. The number of hydrogen-bond donors (Lipinski definition) is 2. The van der Waals surface area contributed by atoms with Gasteiger partial charge in [0.15, 0.2) is 5.82 Å². The van der Waals surface area contributed by atoms with E-state index in [2.05, 4.69) is 25.3 Å². The van der Waals surface area contributed by atoms with Gasteiger partial charge in [-0.05, 0) is 25.7 Å². The normalized spacial score (nSPS) is 21.3. The maximum Gasteiger partial charge on any atom is 0.232 e. The summed E-state index contributed by atoms with van der Waals surface area (Å²) in [6.45, 7) is 0. The molecule has 0 aromatic carbocycles. The number of nitrogens with one attached hydrogen (secondary N) is 1. The lowest BCUT2D eigenvalue weighted by Crippen LogP contribution is -2.31. The van der Waals surface area contributed by atoms with Crippen LogP contribution in [0.1, 0.15) is 25.7 Å². The highest BCUT2D eigenvalue weighted by Crippen LogP contribution is 2.28. The first-order chi connectivity index (χ1) is 10.7. The molecule has 0 saturated heterocycles. The lowest BCUT2D eigenvalue weighted by molar-refractivity contribution is 0.143. The van der Waals surface area contributed by atoms with Crippen LogP contribution in [0, 0.1) is 0 Å². The minimum absolute atomic E-state index is 0.167. The fourth-order valence-electron chi connectivity index (χ4n) is 2.52. The maximum atomic E-state index is 6.10. The Bertz CT molecular complexity index is 618. The molecule has 22 heavy (non-hydrogen) atoms. The molecule has 0 atom stereocenters. The second-order valence-corrected chi connectivity index (χ2v) is 5.58. The average Bonchev–Trinajstić information content (AvgIpc) is 2.55. The zero-order chi connectivity index (χ0) is 15.4. The topological polar surface area (TPSA) is 98.8 Å². The second-order valence-electron chi connectivity index (χ2n) is 5.20. The molecule has 1 aliphatic carbocycles. The van der Waals surface area contributed by atoms with E-state index in [0.717, 1.165) is 25.7 Å². The third kappa shape index (κ3) is 3.54. The van der Waals surface area contributed by atoms with Gasteiger partial charge in [-0.15, -0.1) is 0 Å². The number of halogens is 1. The van der Waals surface area contributed by atoms with E-state index in [1.165, 1.54) is 6.33 Å². The van der Waals surface area contributed by atoms with Crippen molar-refractivity contribution in [1.82, 2.24) is 19.9 Å². The summed E-state index contributed by atoms with van der Waals surface area (Å²) in [6, 6.07) is 0.300. The van der Waals surface area contributed by atoms with Crippen molar-refractivity contribution in [2.75, 3.05) is 11.1 Å². The molecule has 1 fully saturated rings. The lowest BCUT2D eigenvalue weighted by atomic mass is 9.93. The van der Waals surface area contributed by atoms with Crippen LogP contribution in [0.2, 0.25) is 5.02 Å². The Labute approximate surface area is 133 Å². The summed E-state index contributed by atoms with van der Waals surface area (Å²) >= 11 is 6.10. The van der Waals surface area contributed by atoms with E-state index in [-0.39, 0.29) is 6.10 Å². The Morgan fingerprint density at radius 1 is 1.14 bits per heavy atom. The molecule has 0 aliphatic heterocycles. The van der Waals surface area contributed by atoms with Crippen LogP contribution in [0.25, 0.3) is 0 Å². The number of aromatic nitrogens is 4. The van der Waals surface area contributed by atoms with Crippen molar-refractivity contribution in [3.63, 3.8) is 0 Å². The summed E-state index contributed by atoms with van der Waals surface area (Å²) in [6.07, 6.45) is 10.3. The van der Waals surface area contributed by atoms with E-state index in [0.29, 0.717) is 28.6 Å². The van der Waals surface area contributed by atoms with Gasteiger partial charge in [0.05, 0.1) is 6.20 Å². The monoisotopic (exact) mass is 320 g/mol. The summed E-state index contributed by atoms with van der Waals surface area (Å²) in [4.78, 5) is 16.1. The smallest absolute Gasteiger partial charge is 0.232 e. The van der Waals surface area contributed by atoms with Gasteiger partial charge < -0.3 is 15.8 Å². The van der Waals surface area contributed by atoms with Crippen LogP contribution >= 0.6 is 11.6 Å². The van der Waals surface area contributed by atoms with Gasteiger partial charge in [-0.25, -0.2) is 15.0 Å². The first-order valence-corrected chi connectivity index (χ1v) is 7.55. The zero-order valence-electron chi connectivity index (χ0n) is 11.9. The van der Waals surface area contributed by atoms with E-state index in [4.69, 9.17) is 22.1 Å². The van der Waals surface area contributed by atoms with Gasteiger partial charge in [0.2, 0.25) is 5.88 Å². The van der Waals surface area contributed by atoms with Crippen LogP contribution in [-0.4, -0.2) is 32.1 Å². The minimum Gasteiger partial charge on any atom is -0.473 e. The lowest BCUT2D eigenvalue weighted by Gasteiger charge is -2.29. The molecule has 0 spiro atoms. The molecular weight excluding hydrogens is 304 g/mol. The van der Waals surface area contributed by atoms with E-state index < -0.39 is 0 Å². The van der Waals surface area contributed by atoms with Crippen molar-refractivity contribution < 1.29 is 4.74 Å². The first-order valence-electron chi connectivity index (χ1n) is 7.17. The fraction of sp³-hybridized carbons (Fsp3) is 0.429. The number of rotatable bonds is 4. The molecule has 1 saturated carbocycles. The molecule has 1 aliphatic rings. The van der Waals surface area contributed by atoms with Crippen molar-refractivity contribution in [3.8, 4) is 5.88 Å². The predicted molar refractivity (Wildman–Crippen MR) is 83.8 cm³/mol. The zero-order valence-corrected chi connectivity index (χ0v) is 12.7. The molecule has 0 unspecified atom stereocenters. The molecular formula is C14H17ClN6O. The minimum atomic E-state index is 0.167. The van der Waals surface area contributed by atoms with Crippen LogP contribution in [0.5, 0.6) is 5.88 Å². The summed E-state index contributed by atoms with van der Waals surface area (Å²) in [5, 5.41) is 3.70. The van der Waals surface area contributed by atoms with E-state index in [1.54, 1.807) is 18.6 Å². The van der Waals surface area contributed by atoms with Gasteiger partial charge in [0.25, 0.3) is 0 Å². The predicted octanol–water partition coefficient (Wildman–Crippen LogP) is 2.30. The fourth-order valence-corrected chi connectivity index (χ4v) is 2.67. The first kappa shape index (κ1) is 14.8. The van der Waals surface area contributed by atoms with E-state index >= 15 is 0 Å². The summed E-state index contributed by atoms with van der Waals surface area (Å²) in [5.74, 6) is 1.46.